The molecule has 0 fully saturated rings. The maximum Gasteiger partial charge on any atom is 0.115 e. The predicted molar refractivity (Wildman–Crippen MR) is 77.3 cm³/mol. The number of phenols is 1. The molecule has 0 amide bonds. The number of nitrogens with zero attached hydrogens (tertiary/aromatic N) is 2. The van der Waals surface area contributed by atoms with Gasteiger partial charge in [-0.3, -0.25) is 0 Å². The summed E-state index contributed by atoms with van der Waals surface area (Å²) in [6.45, 7) is 1.96. The molecule has 2 aromatic rings. The van der Waals surface area contributed by atoms with E-state index < -0.39 is 0 Å². The summed E-state index contributed by atoms with van der Waals surface area (Å²) >= 11 is 0. The van der Waals surface area contributed by atoms with E-state index >= 15 is 0 Å². The van der Waals surface area contributed by atoms with Crippen molar-refractivity contribution in [3.8, 4) is 17.9 Å². The van der Waals surface area contributed by atoms with Gasteiger partial charge >= 0.3 is 0 Å². The lowest BCUT2D eigenvalue weighted by atomic mass is 9.96. The largest absolute Gasteiger partial charge is 0.508 e. The molecule has 3 nitrogen and oxygen atoms in total. The summed E-state index contributed by atoms with van der Waals surface area (Å²) in [6.07, 6.45) is 0. The molecular weight excluding hydrogens is 248 g/mol. The Kier molecular flexibility index (Phi) is 3.84. The van der Waals surface area contributed by atoms with Gasteiger partial charge in [0, 0.05) is 0 Å². The monoisotopic (exact) mass is 260 g/mol. The molecule has 2 aromatic carbocycles. The minimum absolute atomic E-state index is 0.125. The van der Waals surface area contributed by atoms with E-state index in [1.54, 1.807) is 12.1 Å². The molecule has 20 heavy (non-hydrogen) atoms. The van der Waals surface area contributed by atoms with Crippen LogP contribution in [-0.2, 0) is 0 Å². The molecule has 0 unspecified atom stereocenters. The van der Waals surface area contributed by atoms with Gasteiger partial charge in [0.1, 0.15) is 17.9 Å². The second-order valence-corrected chi connectivity index (χ2v) is 4.39. The van der Waals surface area contributed by atoms with Crippen molar-refractivity contribution in [1.82, 2.24) is 0 Å². The smallest absolute Gasteiger partial charge is 0.115 e. The Morgan fingerprint density at radius 2 is 1.20 bits per heavy atom. The second-order valence-electron chi connectivity index (χ2n) is 4.39. The van der Waals surface area contributed by atoms with E-state index in [9.17, 15) is 15.6 Å². The Hall–Kier alpha value is -3.04. The highest BCUT2D eigenvalue weighted by Crippen LogP contribution is 2.26. The highest BCUT2D eigenvalue weighted by atomic mass is 16.3. The van der Waals surface area contributed by atoms with Crippen LogP contribution in [0.5, 0.6) is 5.75 Å². The van der Waals surface area contributed by atoms with Crippen LogP contribution in [0.1, 0.15) is 16.7 Å². The van der Waals surface area contributed by atoms with Crippen LogP contribution in [0.2, 0.25) is 0 Å². The van der Waals surface area contributed by atoms with Crippen LogP contribution >= 0.6 is 0 Å². The number of allylic oxidation sites excluding steroid dienone is 2. The summed E-state index contributed by atoms with van der Waals surface area (Å²) in [5, 5.41) is 28.0. The van der Waals surface area contributed by atoms with Gasteiger partial charge in [-0.1, -0.05) is 29.8 Å². The molecule has 1 N–H and O–H groups in total. The maximum absolute atomic E-state index is 9.36. The standard InChI is InChI=1S/C17H12N2O/c1-12-2-4-13(5-3-12)16(10-18)17(11-19)14-6-8-15(20)9-7-14/h2-9,20H,1H3/b17-16+. The van der Waals surface area contributed by atoms with Crippen molar-refractivity contribution >= 4 is 11.1 Å². The molecule has 3 heteroatoms. The number of benzene rings is 2. The Morgan fingerprint density at radius 3 is 1.60 bits per heavy atom. The van der Waals surface area contributed by atoms with E-state index in [0.717, 1.165) is 5.56 Å². The molecule has 0 heterocycles. The molecule has 96 valence electrons. The molecule has 0 saturated heterocycles. The summed E-state index contributed by atoms with van der Waals surface area (Å²) in [4.78, 5) is 0. The van der Waals surface area contributed by atoms with Crippen LogP contribution < -0.4 is 0 Å². The lowest BCUT2D eigenvalue weighted by molar-refractivity contribution is 0.475. The van der Waals surface area contributed by atoms with Gasteiger partial charge in [-0.05, 0) is 42.3 Å². The van der Waals surface area contributed by atoms with Gasteiger partial charge in [-0.15, -0.1) is 0 Å². The van der Waals surface area contributed by atoms with Crippen molar-refractivity contribution < 1.29 is 5.11 Å². The van der Waals surface area contributed by atoms with E-state index in [4.69, 9.17) is 0 Å². The van der Waals surface area contributed by atoms with E-state index in [-0.39, 0.29) is 5.75 Å². The third-order valence-corrected chi connectivity index (χ3v) is 2.97. The van der Waals surface area contributed by atoms with Crippen molar-refractivity contribution in [2.24, 2.45) is 0 Å². The quantitative estimate of drug-likeness (QED) is 0.661. The number of hydrogen-bond donors (Lipinski definition) is 1. The zero-order valence-electron chi connectivity index (χ0n) is 11.0. The van der Waals surface area contributed by atoms with Crippen molar-refractivity contribution in [2.45, 2.75) is 6.92 Å². The summed E-state index contributed by atoms with van der Waals surface area (Å²) in [7, 11) is 0. The average Bonchev–Trinajstić information content (AvgIpc) is 2.47. The van der Waals surface area contributed by atoms with Gasteiger partial charge < -0.3 is 5.11 Å². The van der Waals surface area contributed by atoms with Crippen LogP contribution in [0, 0.1) is 29.6 Å². The molecule has 0 atom stereocenters. The van der Waals surface area contributed by atoms with Crippen molar-refractivity contribution in [1.29, 1.82) is 10.5 Å². The molecule has 0 bridgehead atoms. The minimum atomic E-state index is 0.125. The molecule has 0 aromatic heterocycles. The van der Waals surface area contributed by atoms with Crippen molar-refractivity contribution in [2.75, 3.05) is 0 Å². The molecule has 0 aliphatic heterocycles. The number of phenolic OH excluding ortho intramolecular Hbond substituents is 1. The lowest BCUT2D eigenvalue weighted by Gasteiger charge is -2.05. The Bertz CT molecular complexity index is 661. The average molecular weight is 260 g/mol. The second kappa shape index (κ2) is 5.73. The fraction of sp³-hybridized carbons (Fsp3) is 0.0588. The molecule has 0 aliphatic rings. The molecule has 0 aliphatic carbocycles. The highest BCUT2D eigenvalue weighted by Gasteiger charge is 2.11. The fourth-order valence-corrected chi connectivity index (χ4v) is 1.88. The Morgan fingerprint density at radius 1 is 0.800 bits per heavy atom. The summed E-state index contributed by atoms with van der Waals surface area (Å²) < 4.78 is 0. The molecule has 0 radical (unpaired) electrons. The first kappa shape index (κ1) is 13.4. The van der Waals surface area contributed by atoms with Crippen LogP contribution in [-0.4, -0.2) is 5.11 Å². The predicted octanol–water partition coefficient (Wildman–Crippen LogP) is 3.66. The maximum atomic E-state index is 9.36. The molecule has 2 rings (SSSR count). The van der Waals surface area contributed by atoms with Crippen LogP contribution in [0.25, 0.3) is 11.1 Å². The van der Waals surface area contributed by atoms with Crippen LogP contribution in [0.15, 0.2) is 48.5 Å². The SMILES string of the molecule is Cc1ccc(/C(C#N)=C(\C#N)c2ccc(O)cc2)cc1. The van der Waals surface area contributed by atoms with Gasteiger partial charge in [-0.25, -0.2) is 0 Å². The normalized spacial score (nSPS) is 11.2. The Balaban J connectivity index is 2.60. The number of aromatic hydroxyl groups is 1. The van der Waals surface area contributed by atoms with E-state index in [1.165, 1.54) is 12.1 Å². The minimum Gasteiger partial charge on any atom is -0.508 e. The van der Waals surface area contributed by atoms with Crippen molar-refractivity contribution in [3.63, 3.8) is 0 Å². The fourth-order valence-electron chi connectivity index (χ4n) is 1.88. The molecule has 0 saturated carbocycles. The first-order valence-electron chi connectivity index (χ1n) is 6.06. The zero-order chi connectivity index (χ0) is 14.5. The van der Waals surface area contributed by atoms with Gasteiger partial charge in [0.25, 0.3) is 0 Å². The first-order chi connectivity index (χ1) is 9.65. The van der Waals surface area contributed by atoms with E-state index in [2.05, 4.69) is 12.1 Å². The summed E-state index contributed by atoms with van der Waals surface area (Å²) in [5.41, 5.74) is 3.05. The van der Waals surface area contributed by atoms with Gasteiger partial charge in [-0.2, -0.15) is 10.5 Å². The van der Waals surface area contributed by atoms with Crippen LogP contribution in [0.3, 0.4) is 0 Å². The number of hydrogen-bond acceptors (Lipinski definition) is 3. The number of aryl methyl sites for hydroxylation is 1. The Labute approximate surface area is 117 Å². The molecule has 0 spiro atoms. The number of rotatable bonds is 2. The summed E-state index contributed by atoms with van der Waals surface area (Å²) in [6, 6.07) is 17.9. The van der Waals surface area contributed by atoms with Gasteiger partial charge in [0.05, 0.1) is 11.1 Å². The molecular formula is C17H12N2O. The third kappa shape index (κ3) is 2.68. The lowest BCUT2D eigenvalue weighted by Crippen LogP contribution is -1.89. The van der Waals surface area contributed by atoms with E-state index in [1.807, 2.05) is 31.2 Å². The van der Waals surface area contributed by atoms with Crippen molar-refractivity contribution in [3.05, 3.63) is 65.2 Å². The zero-order valence-corrected chi connectivity index (χ0v) is 11.0. The van der Waals surface area contributed by atoms with Gasteiger partial charge in [0.15, 0.2) is 0 Å². The number of nitriles is 2. The van der Waals surface area contributed by atoms with E-state index in [0.29, 0.717) is 22.3 Å². The first-order valence-corrected chi connectivity index (χ1v) is 6.06. The highest BCUT2D eigenvalue weighted by molar-refractivity contribution is 6.02. The summed E-state index contributed by atoms with van der Waals surface area (Å²) in [5.74, 6) is 0.125. The topological polar surface area (TPSA) is 67.8 Å². The van der Waals surface area contributed by atoms with Crippen LogP contribution in [0.4, 0.5) is 0 Å². The third-order valence-electron chi connectivity index (χ3n) is 2.97. The van der Waals surface area contributed by atoms with Gasteiger partial charge in [0.2, 0.25) is 0 Å².